The molecular formula is C12H12FN3OS. The maximum Gasteiger partial charge on any atom is 0.254 e. The van der Waals surface area contributed by atoms with Gasteiger partial charge in [0.05, 0.1) is 11.3 Å². The summed E-state index contributed by atoms with van der Waals surface area (Å²) in [6.45, 7) is 0.398. The van der Waals surface area contributed by atoms with Crippen molar-refractivity contribution in [2.24, 2.45) is 0 Å². The zero-order chi connectivity index (χ0) is 13.0. The first-order valence-corrected chi connectivity index (χ1v) is 6.04. The molecule has 1 amide bonds. The van der Waals surface area contributed by atoms with Crippen molar-refractivity contribution >= 4 is 18.5 Å². The fourth-order valence-electron chi connectivity index (χ4n) is 1.55. The minimum atomic E-state index is -0.546. The van der Waals surface area contributed by atoms with Crippen molar-refractivity contribution in [3.8, 4) is 11.3 Å². The van der Waals surface area contributed by atoms with E-state index in [0.29, 0.717) is 17.9 Å². The largest absolute Gasteiger partial charge is 0.351 e. The molecule has 2 aromatic rings. The molecule has 0 bridgehead atoms. The first-order chi connectivity index (χ1) is 8.72. The van der Waals surface area contributed by atoms with Crippen LogP contribution in [0.25, 0.3) is 11.3 Å². The summed E-state index contributed by atoms with van der Waals surface area (Å²) in [5.74, 6) is -0.481. The third-order valence-corrected chi connectivity index (χ3v) is 2.64. The van der Waals surface area contributed by atoms with Crippen LogP contribution in [0.2, 0.25) is 0 Å². The molecular weight excluding hydrogens is 253 g/mol. The first kappa shape index (κ1) is 12.6. The Labute approximate surface area is 109 Å². The Morgan fingerprint density at radius 1 is 1.44 bits per heavy atom. The molecule has 0 aliphatic rings. The molecule has 0 aliphatic carbocycles. The number of amides is 1. The van der Waals surface area contributed by atoms with E-state index in [2.05, 4.69) is 28.1 Å². The van der Waals surface area contributed by atoms with Crippen LogP contribution in [0.15, 0.2) is 30.5 Å². The number of aromatic nitrogens is 2. The number of hydrogen-bond acceptors (Lipinski definition) is 3. The number of halogens is 1. The summed E-state index contributed by atoms with van der Waals surface area (Å²) >= 11 is 3.98. The van der Waals surface area contributed by atoms with E-state index in [0.717, 1.165) is 5.69 Å². The number of carbonyl (C=O) groups is 1. The second-order valence-corrected chi connectivity index (χ2v) is 4.09. The smallest absolute Gasteiger partial charge is 0.254 e. The summed E-state index contributed by atoms with van der Waals surface area (Å²) in [6, 6.07) is 6.11. The second-order valence-electron chi connectivity index (χ2n) is 3.64. The average molecular weight is 265 g/mol. The van der Waals surface area contributed by atoms with E-state index in [9.17, 15) is 9.18 Å². The Kier molecular flexibility index (Phi) is 3.99. The zero-order valence-electron chi connectivity index (χ0n) is 9.48. The normalized spacial score (nSPS) is 10.3. The van der Waals surface area contributed by atoms with Gasteiger partial charge in [-0.05, 0) is 24.3 Å². The fourth-order valence-corrected chi connectivity index (χ4v) is 1.66. The molecule has 18 heavy (non-hydrogen) atoms. The molecule has 0 unspecified atom stereocenters. The number of carbonyl (C=O) groups excluding carboxylic acids is 1. The molecule has 1 aromatic heterocycles. The molecule has 0 fully saturated rings. The fraction of sp³-hybridized carbons (Fsp3) is 0.167. The van der Waals surface area contributed by atoms with Crippen molar-refractivity contribution < 1.29 is 9.18 Å². The van der Waals surface area contributed by atoms with Gasteiger partial charge in [-0.25, -0.2) is 4.39 Å². The Bertz CT molecular complexity index is 542. The Hall–Kier alpha value is -1.82. The quantitative estimate of drug-likeness (QED) is 0.739. The van der Waals surface area contributed by atoms with E-state index in [4.69, 9.17) is 0 Å². The average Bonchev–Trinajstić information content (AvgIpc) is 2.90. The highest BCUT2D eigenvalue weighted by Crippen LogP contribution is 2.19. The van der Waals surface area contributed by atoms with E-state index < -0.39 is 11.7 Å². The van der Waals surface area contributed by atoms with Crippen LogP contribution < -0.4 is 5.32 Å². The lowest BCUT2D eigenvalue weighted by atomic mass is 10.1. The van der Waals surface area contributed by atoms with E-state index in [1.807, 2.05) is 0 Å². The number of H-pyrrole nitrogens is 1. The van der Waals surface area contributed by atoms with E-state index in [-0.39, 0.29) is 5.56 Å². The topological polar surface area (TPSA) is 57.8 Å². The summed E-state index contributed by atoms with van der Waals surface area (Å²) in [4.78, 5) is 11.7. The third-order valence-electron chi connectivity index (χ3n) is 2.42. The lowest BCUT2D eigenvalue weighted by molar-refractivity contribution is 0.0952. The number of benzene rings is 1. The van der Waals surface area contributed by atoms with Gasteiger partial charge in [0.25, 0.3) is 5.91 Å². The number of nitrogens with one attached hydrogen (secondary N) is 2. The predicted octanol–water partition coefficient (Wildman–Crippen LogP) is 1.88. The first-order valence-electron chi connectivity index (χ1n) is 5.40. The van der Waals surface area contributed by atoms with Crippen LogP contribution in [0.1, 0.15) is 10.4 Å². The second kappa shape index (κ2) is 5.68. The molecule has 0 atom stereocenters. The molecule has 4 nitrogen and oxygen atoms in total. The highest BCUT2D eigenvalue weighted by Gasteiger charge is 2.12. The molecule has 0 saturated carbocycles. The predicted molar refractivity (Wildman–Crippen MR) is 70.2 cm³/mol. The molecule has 94 valence electrons. The summed E-state index contributed by atoms with van der Waals surface area (Å²) in [5.41, 5.74) is 1.46. The van der Waals surface area contributed by atoms with Gasteiger partial charge in [0.1, 0.15) is 5.82 Å². The standard InChI is InChI=1S/C12H12FN3OS/c13-10-2-1-8(11-3-4-15-16-11)7-9(10)12(17)14-5-6-18/h1-4,7,18H,5-6H2,(H,14,17)(H,15,16). The van der Waals surface area contributed by atoms with Crippen molar-refractivity contribution in [1.29, 1.82) is 0 Å². The minimum Gasteiger partial charge on any atom is -0.351 e. The highest BCUT2D eigenvalue weighted by atomic mass is 32.1. The van der Waals surface area contributed by atoms with Crippen LogP contribution in [0, 0.1) is 5.82 Å². The Morgan fingerprint density at radius 2 is 2.28 bits per heavy atom. The van der Waals surface area contributed by atoms with Crippen LogP contribution in [-0.2, 0) is 0 Å². The van der Waals surface area contributed by atoms with Gasteiger partial charge in [0.2, 0.25) is 0 Å². The summed E-state index contributed by atoms with van der Waals surface area (Å²) in [6.07, 6.45) is 1.60. The van der Waals surface area contributed by atoms with Crippen molar-refractivity contribution in [2.75, 3.05) is 12.3 Å². The molecule has 1 aromatic carbocycles. The number of rotatable bonds is 4. The van der Waals surface area contributed by atoms with Gasteiger partial charge in [-0.3, -0.25) is 9.89 Å². The van der Waals surface area contributed by atoms with Gasteiger partial charge in [-0.1, -0.05) is 0 Å². The Morgan fingerprint density at radius 3 is 2.94 bits per heavy atom. The number of nitrogens with zero attached hydrogens (tertiary/aromatic N) is 1. The van der Waals surface area contributed by atoms with Crippen LogP contribution in [0.3, 0.4) is 0 Å². The van der Waals surface area contributed by atoms with Crippen molar-refractivity contribution in [3.63, 3.8) is 0 Å². The third kappa shape index (κ3) is 2.70. The number of aromatic amines is 1. The maximum atomic E-state index is 13.6. The van der Waals surface area contributed by atoms with Gasteiger partial charge in [0.15, 0.2) is 0 Å². The molecule has 6 heteroatoms. The molecule has 0 radical (unpaired) electrons. The van der Waals surface area contributed by atoms with Crippen LogP contribution >= 0.6 is 12.6 Å². The summed E-state index contributed by atoms with van der Waals surface area (Å²) < 4.78 is 13.6. The van der Waals surface area contributed by atoms with E-state index in [1.165, 1.54) is 12.1 Å². The van der Waals surface area contributed by atoms with Gasteiger partial charge in [-0.15, -0.1) is 0 Å². The highest BCUT2D eigenvalue weighted by molar-refractivity contribution is 7.80. The molecule has 2 rings (SSSR count). The van der Waals surface area contributed by atoms with Gasteiger partial charge >= 0.3 is 0 Å². The molecule has 2 N–H and O–H groups in total. The van der Waals surface area contributed by atoms with Crippen molar-refractivity contribution in [1.82, 2.24) is 15.5 Å². The Balaban J connectivity index is 2.30. The van der Waals surface area contributed by atoms with Gasteiger partial charge in [-0.2, -0.15) is 17.7 Å². The molecule has 1 heterocycles. The molecule has 0 aliphatic heterocycles. The lowest BCUT2D eigenvalue weighted by Crippen LogP contribution is -2.26. The number of hydrogen-bond donors (Lipinski definition) is 3. The SMILES string of the molecule is O=C(NCCS)c1cc(-c2ccn[nH]2)ccc1F. The summed E-state index contributed by atoms with van der Waals surface area (Å²) in [5, 5.41) is 9.16. The van der Waals surface area contributed by atoms with E-state index in [1.54, 1.807) is 18.3 Å². The number of thiol groups is 1. The van der Waals surface area contributed by atoms with Crippen molar-refractivity contribution in [2.45, 2.75) is 0 Å². The van der Waals surface area contributed by atoms with Crippen LogP contribution in [-0.4, -0.2) is 28.4 Å². The molecule has 0 saturated heterocycles. The molecule has 0 spiro atoms. The van der Waals surface area contributed by atoms with Crippen LogP contribution in [0.4, 0.5) is 4.39 Å². The lowest BCUT2D eigenvalue weighted by Gasteiger charge is -2.06. The van der Waals surface area contributed by atoms with Gasteiger partial charge in [0, 0.05) is 24.1 Å². The van der Waals surface area contributed by atoms with Crippen LogP contribution in [0.5, 0.6) is 0 Å². The van der Waals surface area contributed by atoms with Gasteiger partial charge < -0.3 is 5.32 Å². The monoisotopic (exact) mass is 265 g/mol. The summed E-state index contributed by atoms with van der Waals surface area (Å²) in [7, 11) is 0. The zero-order valence-corrected chi connectivity index (χ0v) is 10.4. The van der Waals surface area contributed by atoms with Crippen molar-refractivity contribution in [3.05, 3.63) is 41.8 Å². The van der Waals surface area contributed by atoms with E-state index >= 15 is 0 Å². The maximum absolute atomic E-state index is 13.6. The minimum absolute atomic E-state index is 0.0175.